The van der Waals surface area contributed by atoms with Crippen molar-refractivity contribution in [2.45, 2.75) is 19.9 Å². The van der Waals surface area contributed by atoms with Crippen LogP contribution in [-0.4, -0.2) is 45.4 Å². The van der Waals surface area contributed by atoms with Gasteiger partial charge >= 0.3 is 0 Å². The average Bonchev–Trinajstić information content (AvgIpc) is 2.57. The number of rotatable bonds is 7. The van der Waals surface area contributed by atoms with Crippen molar-refractivity contribution in [3.63, 3.8) is 0 Å². The number of aliphatic hydroxyl groups excluding tert-OH is 1. The molecule has 0 aliphatic carbocycles. The number of benzene rings is 1. The number of aliphatic hydroxyl groups is 1. The van der Waals surface area contributed by atoms with E-state index in [4.69, 9.17) is 5.11 Å². The molecule has 1 amide bonds. The van der Waals surface area contributed by atoms with Crippen LogP contribution in [0.25, 0.3) is 11.3 Å². The van der Waals surface area contributed by atoms with Gasteiger partial charge in [-0.3, -0.25) is 9.59 Å². The fourth-order valence-corrected chi connectivity index (χ4v) is 2.31. The molecule has 23 heavy (non-hydrogen) atoms. The third kappa shape index (κ3) is 4.50. The highest BCUT2D eigenvalue weighted by molar-refractivity contribution is 5.76. The van der Waals surface area contributed by atoms with Crippen LogP contribution < -0.4 is 5.56 Å². The molecule has 122 valence electrons. The largest absolute Gasteiger partial charge is 0.395 e. The maximum absolute atomic E-state index is 12.3. The molecule has 0 radical (unpaired) electrons. The number of carbonyl (C=O) groups excluding carboxylic acids is 1. The Labute approximate surface area is 135 Å². The van der Waals surface area contributed by atoms with Crippen LogP contribution in [-0.2, 0) is 11.3 Å². The zero-order chi connectivity index (χ0) is 16.7. The van der Waals surface area contributed by atoms with Gasteiger partial charge in [-0.15, -0.1) is 0 Å². The number of amides is 1. The highest BCUT2D eigenvalue weighted by Gasteiger charge is 2.14. The molecule has 6 nitrogen and oxygen atoms in total. The lowest BCUT2D eigenvalue weighted by Crippen LogP contribution is -2.39. The smallest absolute Gasteiger partial charge is 0.267 e. The zero-order valence-corrected chi connectivity index (χ0v) is 13.2. The van der Waals surface area contributed by atoms with Crippen LogP contribution in [0.5, 0.6) is 0 Å². The van der Waals surface area contributed by atoms with E-state index in [1.807, 2.05) is 37.3 Å². The van der Waals surface area contributed by atoms with Crippen LogP contribution in [0, 0.1) is 0 Å². The summed E-state index contributed by atoms with van der Waals surface area (Å²) in [6.45, 7) is 2.54. The first kappa shape index (κ1) is 16.9. The van der Waals surface area contributed by atoms with Crippen LogP contribution in [0.4, 0.5) is 0 Å². The third-order valence-corrected chi connectivity index (χ3v) is 3.44. The highest BCUT2D eigenvalue weighted by atomic mass is 16.3. The first-order chi connectivity index (χ1) is 11.2. The molecule has 1 heterocycles. The monoisotopic (exact) mass is 315 g/mol. The van der Waals surface area contributed by atoms with Crippen LogP contribution in [0.15, 0.2) is 47.3 Å². The van der Waals surface area contributed by atoms with Gasteiger partial charge in [0.25, 0.3) is 5.56 Å². The predicted molar refractivity (Wildman–Crippen MR) is 87.9 cm³/mol. The number of nitrogens with zero attached hydrogens (tertiary/aromatic N) is 3. The molecule has 0 fully saturated rings. The van der Waals surface area contributed by atoms with E-state index in [-0.39, 0.29) is 31.2 Å². The SMILES string of the molecule is CCCN(CCO)C(=O)Cn1nc(-c2ccccc2)ccc1=O. The van der Waals surface area contributed by atoms with Crippen molar-refractivity contribution >= 4 is 5.91 Å². The zero-order valence-electron chi connectivity index (χ0n) is 13.2. The van der Waals surface area contributed by atoms with Crippen molar-refractivity contribution in [2.75, 3.05) is 19.7 Å². The molecule has 0 bridgehead atoms. The van der Waals surface area contributed by atoms with Gasteiger partial charge in [0, 0.05) is 24.7 Å². The molecule has 0 saturated carbocycles. The van der Waals surface area contributed by atoms with Gasteiger partial charge in [0.05, 0.1) is 12.3 Å². The second-order valence-electron chi connectivity index (χ2n) is 5.18. The van der Waals surface area contributed by atoms with E-state index in [2.05, 4.69) is 5.10 Å². The lowest BCUT2D eigenvalue weighted by molar-refractivity contribution is -0.132. The summed E-state index contributed by atoms with van der Waals surface area (Å²) >= 11 is 0. The van der Waals surface area contributed by atoms with E-state index in [0.29, 0.717) is 12.2 Å². The summed E-state index contributed by atoms with van der Waals surface area (Å²) < 4.78 is 1.17. The molecular weight excluding hydrogens is 294 g/mol. The summed E-state index contributed by atoms with van der Waals surface area (Å²) in [7, 11) is 0. The molecule has 1 aromatic carbocycles. The first-order valence-electron chi connectivity index (χ1n) is 7.68. The fraction of sp³-hybridized carbons (Fsp3) is 0.353. The average molecular weight is 315 g/mol. The Morgan fingerprint density at radius 1 is 1.17 bits per heavy atom. The second kappa shape index (κ2) is 8.24. The van der Waals surface area contributed by atoms with Crippen LogP contribution in [0.3, 0.4) is 0 Å². The molecule has 0 unspecified atom stereocenters. The molecule has 0 atom stereocenters. The molecular formula is C17H21N3O3. The van der Waals surface area contributed by atoms with Gasteiger partial charge in [-0.1, -0.05) is 37.3 Å². The van der Waals surface area contributed by atoms with Gasteiger partial charge < -0.3 is 10.0 Å². The van der Waals surface area contributed by atoms with Crippen molar-refractivity contribution in [3.8, 4) is 11.3 Å². The Morgan fingerprint density at radius 2 is 1.91 bits per heavy atom. The number of hydrogen-bond acceptors (Lipinski definition) is 4. The summed E-state index contributed by atoms with van der Waals surface area (Å²) in [6, 6.07) is 12.5. The van der Waals surface area contributed by atoms with E-state index in [1.165, 1.54) is 10.7 Å². The minimum absolute atomic E-state index is 0.0991. The van der Waals surface area contributed by atoms with E-state index in [9.17, 15) is 9.59 Å². The summed E-state index contributed by atoms with van der Waals surface area (Å²) in [6.07, 6.45) is 0.790. The third-order valence-electron chi connectivity index (χ3n) is 3.44. The lowest BCUT2D eigenvalue weighted by atomic mass is 10.1. The molecule has 2 aromatic rings. The Hall–Kier alpha value is -2.47. The van der Waals surface area contributed by atoms with Gasteiger partial charge in [-0.25, -0.2) is 4.68 Å². The predicted octanol–water partition coefficient (Wildman–Crippen LogP) is 1.14. The highest BCUT2D eigenvalue weighted by Crippen LogP contribution is 2.13. The van der Waals surface area contributed by atoms with E-state index in [1.54, 1.807) is 11.0 Å². The van der Waals surface area contributed by atoms with Gasteiger partial charge in [-0.05, 0) is 12.5 Å². The maximum Gasteiger partial charge on any atom is 0.267 e. The van der Waals surface area contributed by atoms with E-state index >= 15 is 0 Å². The van der Waals surface area contributed by atoms with Crippen LogP contribution in [0.2, 0.25) is 0 Å². The summed E-state index contributed by atoms with van der Waals surface area (Å²) in [4.78, 5) is 25.8. The van der Waals surface area contributed by atoms with Crippen LogP contribution in [0.1, 0.15) is 13.3 Å². The molecule has 0 aliphatic heterocycles. The Bertz CT molecular complexity index is 692. The number of hydrogen-bond donors (Lipinski definition) is 1. The summed E-state index contributed by atoms with van der Waals surface area (Å²) in [5.74, 6) is -0.222. The first-order valence-corrected chi connectivity index (χ1v) is 7.68. The van der Waals surface area contributed by atoms with Crippen molar-refractivity contribution in [1.29, 1.82) is 0 Å². The molecule has 0 saturated heterocycles. The Kier molecular flexibility index (Phi) is 6.05. The minimum Gasteiger partial charge on any atom is -0.395 e. The van der Waals surface area contributed by atoms with Gasteiger partial charge in [0.15, 0.2) is 0 Å². The Balaban J connectivity index is 2.22. The second-order valence-corrected chi connectivity index (χ2v) is 5.18. The normalized spacial score (nSPS) is 10.5. The molecule has 1 N–H and O–H groups in total. The van der Waals surface area contributed by atoms with Crippen molar-refractivity contribution < 1.29 is 9.90 Å². The molecule has 6 heteroatoms. The summed E-state index contributed by atoms with van der Waals surface area (Å²) in [5, 5.41) is 13.3. The molecule has 0 spiro atoms. The van der Waals surface area contributed by atoms with Gasteiger partial charge in [0.2, 0.25) is 5.91 Å². The topological polar surface area (TPSA) is 75.4 Å². The number of aromatic nitrogens is 2. The van der Waals surface area contributed by atoms with Crippen molar-refractivity contribution in [2.24, 2.45) is 0 Å². The molecule has 1 aromatic heterocycles. The van der Waals surface area contributed by atoms with Gasteiger partial charge in [-0.2, -0.15) is 5.10 Å². The quantitative estimate of drug-likeness (QED) is 0.831. The Morgan fingerprint density at radius 3 is 2.57 bits per heavy atom. The van der Waals surface area contributed by atoms with Crippen molar-refractivity contribution in [1.82, 2.24) is 14.7 Å². The van der Waals surface area contributed by atoms with Gasteiger partial charge in [0.1, 0.15) is 6.54 Å². The van der Waals surface area contributed by atoms with Crippen LogP contribution >= 0.6 is 0 Å². The minimum atomic E-state index is -0.321. The van der Waals surface area contributed by atoms with Crippen molar-refractivity contribution in [3.05, 3.63) is 52.8 Å². The lowest BCUT2D eigenvalue weighted by Gasteiger charge is -2.21. The maximum atomic E-state index is 12.3. The number of carbonyl (C=O) groups is 1. The van der Waals surface area contributed by atoms with E-state index < -0.39 is 0 Å². The standard InChI is InChI=1S/C17H21N3O3/c1-2-10-19(11-12-21)17(23)13-20-16(22)9-8-15(18-20)14-6-4-3-5-7-14/h3-9,21H,2,10-13H2,1H3. The molecule has 2 rings (SSSR count). The van der Waals surface area contributed by atoms with E-state index in [0.717, 1.165) is 12.0 Å². The fourth-order valence-electron chi connectivity index (χ4n) is 2.31. The molecule has 0 aliphatic rings. The summed E-state index contributed by atoms with van der Waals surface area (Å²) in [5.41, 5.74) is 1.20.